The number of fused-ring (bicyclic) bond motifs is 1. The van der Waals surface area contributed by atoms with Crippen molar-refractivity contribution in [2.75, 3.05) is 27.2 Å². The van der Waals surface area contributed by atoms with Gasteiger partial charge in [-0.25, -0.2) is 9.97 Å². The zero-order valence-corrected chi connectivity index (χ0v) is 18.1. The molecule has 0 unspecified atom stereocenters. The fourth-order valence-electron chi connectivity index (χ4n) is 3.64. The van der Waals surface area contributed by atoms with Gasteiger partial charge in [0.2, 0.25) is 5.88 Å². The average Bonchev–Trinajstić information content (AvgIpc) is 3.62. The molecular formula is C24H28N6O. The van der Waals surface area contributed by atoms with E-state index in [0.29, 0.717) is 22.3 Å². The summed E-state index contributed by atoms with van der Waals surface area (Å²) in [6.07, 6.45) is 7.51. The van der Waals surface area contributed by atoms with Gasteiger partial charge in [-0.3, -0.25) is 9.98 Å². The van der Waals surface area contributed by atoms with Crippen molar-refractivity contribution >= 4 is 23.3 Å². The summed E-state index contributed by atoms with van der Waals surface area (Å²) in [5, 5.41) is 10.5. The van der Waals surface area contributed by atoms with E-state index in [9.17, 15) is 5.11 Å². The van der Waals surface area contributed by atoms with Gasteiger partial charge < -0.3 is 14.9 Å². The van der Waals surface area contributed by atoms with Crippen molar-refractivity contribution in [2.45, 2.75) is 25.3 Å². The Morgan fingerprint density at radius 3 is 2.61 bits per heavy atom. The second-order valence-corrected chi connectivity index (χ2v) is 8.16. The average molecular weight is 417 g/mol. The second kappa shape index (κ2) is 9.22. The number of nitrogens with zero attached hydrogens (tertiary/aromatic N) is 6. The van der Waals surface area contributed by atoms with Crippen molar-refractivity contribution in [3.05, 3.63) is 65.9 Å². The van der Waals surface area contributed by atoms with Crippen LogP contribution in [-0.2, 0) is 6.54 Å². The van der Waals surface area contributed by atoms with Gasteiger partial charge in [-0.15, -0.1) is 0 Å². The maximum absolute atomic E-state index is 9.98. The van der Waals surface area contributed by atoms with Crippen molar-refractivity contribution in [3.8, 4) is 5.88 Å². The summed E-state index contributed by atoms with van der Waals surface area (Å²) >= 11 is 0. The number of aliphatic imine (C=N–C) groups is 1. The Morgan fingerprint density at radius 1 is 1.13 bits per heavy atom. The van der Waals surface area contributed by atoms with Crippen LogP contribution in [0.5, 0.6) is 5.88 Å². The molecule has 0 amide bonds. The Hall–Kier alpha value is -3.32. The van der Waals surface area contributed by atoms with Crippen LogP contribution >= 0.6 is 0 Å². The molecule has 2 aromatic heterocycles. The van der Waals surface area contributed by atoms with E-state index in [1.54, 1.807) is 12.3 Å². The molecule has 2 heterocycles. The summed E-state index contributed by atoms with van der Waals surface area (Å²) in [7, 11) is 4.13. The molecule has 1 aromatic carbocycles. The van der Waals surface area contributed by atoms with Gasteiger partial charge in [0, 0.05) is 39.1 Å². The van der Waals surface area contributed by atoms with Crippen LogP contribution in [-0.4, -0.2) is 63.8 Å². The number of likely N-dealkylation sites (N-methyl/N-ethyl adjacent to an activating group) is 2. The smallest absolute Gasteiger partial charge is 0.222 e. The van der Waals surface area contributed by atoms with Crippen molar-refractivity contribution in [3.63, 3.8) is 0 Å². The van der Waals surface area contributed by atoms with E-state index in [1.807, 2.05) is 13.2 Å². The summed E-state index contributed by atoms with van der Waals surface area (Å²) in [6, 6.07) is 10.7. The van der Waals surface area contributed by atoms with Crippen molar-refractivity contribution in [2.24, 2.45) is 4.99 Å². The van der Waals surface area contributed by atoms with Gasteiger partial charge in [-0.1, -0.05) is 24.3 Å². The number of aromatic hydroxyl groups is 1. The molecule has 1 aliphatic carbocycles. The first-order valence-electron chi connectivity index (χ1n) is 10.5. The molecule has 3 aromatic rings. The molecule has 0 atom stereocenters. The largest absolute Gasteiger partial charge is 0.493 e. The second-order valence-electron chi connectivity index (χ2n) is 8.16. The van der Waals surface area contributed by atoms with Crippen molar-refractivity contribution < 1.29 is 5.11 Å². The monoisotopic (exact) mass is 416 g/mol. The molecular weight excluding hydrogens is 388 g/mol. The van der Waals surface area contributed by atoms with Crippen LogP contribution in [0.15, 0.2) is 54.0 Å². The highest BCUT2D eigenvalue weighted by molar-refractivity contribution is 5.91. The quantitative estimate of drug-likeness (QED) is 0.536. The third-order valence-corrected chi connectivity index (χ3v) is 5.60. The van der Waals surface area contributed by atoms with E-state index in [0.717, 1.165) is 25.6 Å². The van der Waals surface area contributed by atoms with E-state index >= 15 is 0 Å². The van der Waals surface area contributed by atoms with Crippen LogP contribution in [0.3, 0.4) is 0 Å². The topological polar surface area (TPSA) is 77.7 Å². The number of hydrogen-bond donors (Lipinski definition) is 1. The minimum atomic E-state index is -0.0720. The van der Waals surface area contributed by atoms with Crippen LogP contribution in [0.4, 0.5) is 0 Å². The van der Waals surface area contributed by atoms with E-state index in [2.05, 4.69) is 67.8 Å². The molecule has 4 rings (SSSR count). The number of hydrogen-bond acceptors (Lipinski definition) is 7. The first kappa shape index (κ1) is 20.9. The zero-order chi connectivity index (χ0) is 21.8. The van der Waals surface area contributed by atoms with E-state index < -0.39 is 0 Å². The lowest BCUT2D eigenvalue weighted by Gasteiger charge is -2.21. The summed E-state index contributed by atoms with van der Waals surface area (Å²) in [4.78, 5) is 21.0. The number of aromatic nitrogens is 3. The molecule has 0 bridgehead atoms. The van der Waals surface area contributed by atoms with Crippen LogP contribution in [0.2, 0.25) is 0 Å². The zero-order valence-electron chi connectivity index (χ0n) is 18.1. The van der Waals surface area contributed by atoms with E-state index in [-0.39, 0.29) is 5.88 Å². The van der Waals surface area contributed by atoms with Gasteiger partial charge in [0.1, 0.15) is 23.2 Å². The maximum Gasteiger partial charge on any atom is 0.222 e. The molecule has 1 saturated carbocycles. The molecule has 0 saturated heterocycles. The van der Waals surface area contributed by atoms with Gasteiger partial charge in [0.15, 0.2) is 0 Å². The third-order valence-electron chi connectivity index (χ3n) is 5.60. The molecule has 1 fully saturated rings. The van der Waals surface area contributed by atoms with Gasteiger partial charge in [0.25, 0.3) is 0 Å². The molecule has 31 heavy (non-hydrogen) atoms. The van der Waals surface area contributed by atoms with Crippen LogP contribution in [0.1, 0.15) is 35.6 Å². The standard InChI is InChI=1S/C24H28N6O/c1-25-21(23-22-20(10-11-26-23)24(31)28-16-27-22)15-30(3)13-12-29(2)14-17-4-6-18(7-5-17)19-8-9-19/h4-7,10-11,15-16,19H,1,8-9,12-14H2,2-3H3,(H,27,28,31)/b21-15-. The summed E-state index contributed by atoms with van der Waals surface area (Å²) < 4.78 is 0. The molecule has 7 heteroatoms. The molecule has 1 N–H and O–H groups in total. The fourth-order valence-corrected chi connectivity index (χ4v) is 3.64. The molecule has 0 radical (unpaired) electrons. The van der Waals surface area contributed by atoms with Crippen LogP contribution < -0.4 is 0 Å². The predicted molar refractivity (Wildman–Crippen MR) is 124 cm³/mol. The predicted octanol–water partition coefficient (Wildman–Crippen LogP) is 3.67. The first-order chi connectivity index (χ1) is 15.0. The lowest BCUT2D eigenvalue weighted by molar-refractivity contribution is 0.288. The normalized spacial score (nSPS) is 14.2. The Balaban J connectivity index is 1.39. The summed E-state index contributed by atoms with van der Waals surface area (Å²) in [5.74, 6) is 0.726. The van der Waals surface area contributed by atoms with E-state index in [1.165, 1.54) is 30.3 Å². The molecule has 7 nitrogen and oxygen atoms in total. The molecule has 1 aliphatic rings. The Bertz CT molecular complexity index is 1090. The maximum atomic E-state index is 9.98. The van der Waals surface area contributed by atoms with Gasteiger partial charge >= 0.3 is 0 Å². The molecule has 160 valence electrons. The SMILES string of the molecule is C=N/C(=C\N(C)CCN(C)Cc1ccc(C2CC2)cc1)c1nccc2c(O)ncnc12. The molecule has 0 aliphatic heterocycles. The lowest BCUT2D eigenvalue weighted by atomic mass is 10.1. The Kier molecular flexibility index (Phi) is 6.23. The lowest BCUT2D eigenvalue weighted by Crippen LogP contribution is -2.28. The Labute approximate surface area is 182 Å². The van der Waals surface area contributed by atoms with Crippen molar-refractivity contribution in [1.29, 1.82) is 0 Å². The Morgan fingerprint density at radius 2 is 1.90 bits per heavy atom. The minimum Gasteiger partial charge on any atom is -0.493 e. The fraction of sp³-hybridized carbons (Fsp3) is 0.333. The van der Waals surface area contributed by atoms with Crippen molar-refractivity contribution in [1.82, 2.24) is 24.8 Å². The highest BCUT2D eigenvalue weighted by atomic mass is 16.3. The third kappa shape index (κ3) is 5.06. The molecule has 0 spiro atoms. The van der Waals surface area contributed by atoms with Gasteiger partial charge in [0.05, 0.1) is 5.39 Å². The highest BCUT2D eigenvalue weighted by Crippen LogP contribution is 2.39. The summed E-state index contributed by atoms with van der Waals surface area (Å²) in [5.41, 5.74) is 4.53. The number of benzene rings is 1. The van der Waals surface area contributed by atoms with E-state index in [4.69, 9.17) is 0 Å². The van der Waals surface area contributed by atoms with Gasteiger partial charge in [-0.05, 0) is 49.7 Å². The van der Waals surface area contributed by atoms with Crippen LogP contribution in [0.25, 0.3) is 16.6 Å². The summed E-state index contributed by atoms with van der Waals surface area (Å²) in [6.45, 7) is 6.32. The van der Waals surface area contributed by atoms with Crippen LogP contribution in [0, 0.1) is 0 Å². The minimum absolute atomic E-state index is 0.0720. The first-order valence-corrected chi connectivity index (χ1v) is 10.5. The highest BCUT2D eigenvalue weighted by Gasteiger charge is 2.22. The number of pyridine rings is 1. The number of rotatable bonds is 9. The van der Waals surface area contributed by atoms with Gasteiger partial charge in [-0.2, -0.15) is 0 Å².